The number of ether oxygens (including phenoxy) is 5. The SMILES string of the molecule is CC1(C)O[C@@H]2[C@H](O1)[C@H](S(=O)(=O)c1ccccc1)O[C@@H]2[C@H]1COC(C)(C)O1. The van der Waals surface area contributed by atoms with Gasteiger partial charge in [-0.2, -0.15) is 0 Å². The van der Waals surface area contributed by atoms with Crippen LogP contribution < -0.4 is 0 Å². The molecule has 7 nitrogen and oxygen atoms in total. The van der Waals surface area contributed by atoms with Crippen LogP contribution >= 0.6 is 0 Å². The third-order valence-corrected chi connectivity index (χ3v) is 6.74. The normalized spacial score (nSPS) is 38.4. The van der Waals surface area contributed by atoms with Gasteiger partial charge in [0, 0.05) is 0 Å². The van der Waals surface area contributed by atoms with Gasteiger partial charge in [0.2, 0.25) is 9.84 Å². The van der Waals surface area contributed by atoms with E-state index in [-0.39, 0.29) is 4.90 Å². The van der Waals surface area contributed by atoms with Crippen molar-refractivity contribution in [2.45, 2.75) is 74.0 Å². The molecule has 4 rings (SSSR count). The minimum Gasteiger partial charge on any atom is -0.350 e. The Balaban J connectivity index is 1.66. The second-order valence-corrected chi connectivity index (χ2v) is 9.79. The van der Waals surface area contributed by atoms with E-state index in [0.29, 0.717) is 6.61 Å². The highest BCUT2D eigenvalue weighted by atomic mass is 32.2. The standard InChI is InChI=1S/C18H24O7S/c1-17(2)21-10-12(23-17)13-14-15(25-18(3,4)24-14)16(22-13)26(19,20)11-8-6-5-7-9-11/h5-9,12-16H,10H2,1-4H3/t12-,13-,14+,15+,16+/m1/s1. The third kappa shape index (κ3) is 3.08. The van der Waals surface area contributed by atoms with Gasteiger partial charge in [0.1, 0.15) is 24.4 Å². The van der Waals surface area contributed by atoms with E-state index in [1.165, 1.54) is 0 Å². The molecule has 3 aliphatic rings. The quantitative estimate of drug-likeness (QED) is 0.787. The summed E-state index contributed by atoms with van der Waals surface area (Å²) in [5, 5.41) is 0. The molecule has 3 fully saturated rings. The van der Waals surface area contributed by atoms with Crippen molar-refractivity contribution in [3.05, 3.63) is 30.3 Å². The zero-order chi connectivity index (χ0) is 18.7. The van der Waals surface area contributed by atoms with Crippen molar-refractivity contribution in [1.29, 1.82) is 0 Å². The van der Waals surface area contributed by atoms with E-state index < -0.39 is 51.3 Å². The molecule has 0 radical (unpaired) electrons. The number of hydrogen-bond donors (Lipinski definition) is 0. The first-order chi connectivity index (χ1) is 12.1. The van der Waals surface area contributed by atoms with E-state index in [9.17, 15) is 8.42 Å². The van der Waals surface area contributed by atoms with Crippen LogP contribution in [0.3, 0.4) is 0 Å². The Hall–Kier alpha value is -1.03. The number of sulfone groups is 1. The van der Waals surface area contributed by atoms with Crippen LogP contribution in [0.5, 0.6) is 0 Å². The van der Waals surface area contributed by atoms with Crippen LogP contribution in [-0.2, 0) is 33.5 Å². The van der Waals surface area contributed by atoms with Crippen LogP contribution in [-0.4, -0.2) is 56.5 Å². The molecule has 5 atom stereocenters. The van der Waals surface area contributed by atoms with E-state index in [2.05, 4.69) is 0 Å². The lowest BCUT2D eigenvalue weighted by molar-refractivity contribution is -0.198. The third-order valence-electron chi connectivity index (χ3n) is 4.82. The second kappa shape index (κ2) is 5.98. The summed E-state index contributed by atoms with van der Waals surface area (Å²) in [6.07, 6.45) is -2.29. The maximum Gasteiger partial charge on any atom is 0.207 e. The molecule has 1 aromatic carbocycles. The zero-order valence-electron chi connectivity index (χ0n) is 15.2. The fourth-order valence-corrected chi connectivity index (χ4v) is 5.40. The van der Waals surface area contributed by atoms with Crippen molar-refractivity contribution in [2.75, 3.05) is 6.61 Å². The second-order valence-electron chi connectivity index (χ2n) is 7.76. The molecule has 0 unspecified atom stereocenters. The largest absolute Gasteiger partial charge is 0.350 e. The van der Waals surface area contributed by atoms with Crippen LogP contribution in [0, 0.1) is 0 Å². The molecule has 0 bridgehead atoms. The first-order valence-corrected chi connectivity index (χ1v) is 10.3. The average molecular weight is 384 g/mol. The van der Waals surface area contributed by atoms with E-state index in [0.717, 1.165) is 0 Å². The highest BCUT2D eigenvalue weighted by Gasteiger charge is 2.62. The summed E-state index contributed by atoms with van der Waals surface area (Å²) in [4.78, 5) is 0.196. The number of hydrogen-bond acceptors (Lipinski definition) is 7. The van der Waals surface area contributed by atoms with Crippen molar-refractivity contribution in [3.8, 4) is 0 Å². The Labute approximate surface area is 153 Å². The van der Waals surface area contributed by atoms with Crippen LogP contribution in [0.1, 0.15) is 27.7 Å². The summed E-state index contributed by atoms with van der Waals surface area (Å²) < 4.78 is 55.7. The van der Waals surface area contributed by atoms with E-state index >= 15 is 0 Å². The molecular formula is C18H24O7S. The molecule has 0 aliphatic carbocycles. The molecule has 3 heterocycles. The van der Waals surface area contributed by atoms with Crippen molar-refractivity contribution in [1.82, 2.24) is 0 Å². The predicted octanol–water partition coefficient (Wildman–Crippen LogP) is 1.86. The molecule has 144 valence electrons. The number of fused-ring (bicyclic) bond motifs is 1. The molecule has 26 heavy (non-hydrogen) atoms. The fourth-order valence-electron chi connectivity index (χ4n) is 3.76. The molecule has 3 saturated heterocycles. The van der Waals surface area contributed by atoms with Crippen LogP contribution in [0.15, 0.2) is 35.2 Å². The Morgan fingerprint density at radius 3 is 2.15 bits per heavy atom. The summed E-state index contributed by atoms with van der Waals surface area (Å²) in [6.45, 7) is 7.47. The summed E-state index contributed by atoms with van der Waals surface area (Å²) in [6, 6.07) is 8.25. The van der Waals surface area contributed by atoms with Gasteiger partial charge in [-0.25, -0.2) is 8.42 Å². The monoisotopic (exact) mass is 384 g/mol. The Morgan fingerprint density at radius 2 is 1.54 bits per heavy atom. The Bertz CT molecular complexity index is 774. The topological polar surface area (TPSA) is 80.3 Å². The lowest BCUT2D eigenvalue weighted by atomic mass is 10.1. The summed E-state index contributed by atoms with van der Waals surface area (Å²) in [5.74, 6) is -1.63. The lowest BCUT2D eigenvalue weighted by Gasteiger charge is -2.27. The smallest absolute Gasteiger partial charge is 0.207 e. The molecule has 3 aliphatic heterocycles. The van der Waals surface area contributed by atoms with Crippen molar-refractivity contribution < 1.29 is 32.1 Å². The summed E-state index contributed by atoms with van der Waals surface area (Å²) in [5.41, 5.74) is -1.16. The average Bonchev–Trinajstić information content (AvgIpc) is 3.18. The molecular weight excluding hydrogens is 360 g/mol. The highest BCUT2D eigenvalue weighted by molar-refractivity contribution is 7.92. The summed E-state index contributed by atoms with van der Waals surface area (Å²) >= 11 is 0. The molecule has 8 heteroatoms. The van der Waals surface area contributed by atoms with Gasteiger partial charge in [0.15, 0.2) is 17.0 Å². The van der Waals surface area contributed by atoms with Gasteiger partial charge in [-0.3, -0.25) is 0 Å². The van der Waals surface area contributed by atoms with Gasteiger partial charge in [-0.1, -0.05) is 18.2 Å². The minimum atomic E-state index is -3.76. The molecule has 0 N–H and O–H groups in total. The molecule has 0 saturated carbocycles. The van der Waals surface area contributed by atoms with E-state index in [4.69, 9.17) is 23.7 Å². The first kappa shape index (κ1) is 18.3. The van der Waals surface area contributed by atoms with E-state index in [1.54, 1.807) is 44.2 Å². The Kier molecular flexibility index (Phi) is 4.22. The predicted molar refractivity (Wildman–Crippen MR) is 91.0 cm³/mol. The van der Waals surface area contributed by atoms with Crippen LogP contribution in [0.25, 0.3) is 0 Å². The van der Waals surface area contributed by atoms with Gasteiger partial charge < -0.3 is 23.7 Å². The Morgan fingerprint density at radius 1 is 0.885 bits per heavy atom. The lowest BCUT2D eigenvalue weighted by Crippen LogP contribution is -2.40. The van der Waals surface area contributed by atoms with E-state index in [1.807, 2.05) is 13.8 Å². The maximum absolute atomic E-state index is 13.1. The molecule has 0 amide bonds. The molecule has 1 aromatic rings. The number of benzene rings is 1. The molecule has 0 aromatic heterocycles. The van der Waals surface area contributed by atoms with Gasteiger partial charge in [-0.05, 0) is 39.8 Å². The zero-order valence-corrected chi connectivity index (χ0v) is 16.1. The van der Waals surface area contributed by atoms with Crippen molar-refractivity contribution in [2.24, 2.45) is 0 Å². The molecule has 0 spiro atoms. The van der Waals surface area contributed by atoms with Gasteiger partial charge >= 0.3 is 0 Å². The van der Waals surface area contributed by atoms with Crippen molar-refractivity contribution in [3.63, 3.8) is 0 Å². The fraction of sp³-hybridized carbons (Fsp3) is 0.667. The van der Waals surface area contributed by atoms with Crippen LogP contribution in [0.4, 0.5) is 0 Å². The maximum atomic E-state index is 13.1. The first-order valence-electron chi connectivity index (χ1n) is 8.71. The van der Waals surface area contributed by atoms with Gasteiger partial charge in [0.05, 0.1) is 11.5 Å². The van der Waals surface area contributed by atoms with Crippen molar-refractivity contribution >= 4 is 9.84 Å². The minimum absolute atomic E-state index is 0.196. The highest BCUT2D eigenvalue weighted by Crippen LogP contribution is 2.44. The summed E-state index contributed by atoms with van der Waals surface area (Å²) in [7, 11) is -3.76. The van der Waals surface area contributed by atoms with Gasteiger partial charge in [-0.15, -0.1) is 0 Å². The van der Waals surface area contributed by atoms with Crippen LogP contribution in [0.2, 0.25) is 0 Å². The number of rotatable bonds is 3. The van der Waals surface area contributed by atoms with Gasteiger partial charge in [0.25, 0.3) is 0 Å².